The number of carbonyl (C=O) groups is 2. The fourth-order valence-electron chi connectivity index (χ4n) is 4.59. The molecule has 0 radical (unpaired) electrons. The van der Waals surface area contributed by atoms with E-state index in [1.807, 2.05) is 17.0 Å². The van der Waals surface area contributed by atoms with Crippen LogP contribution in [-0.2, 0) is 11.0 Å². The van der Waals surface area contributed by atoms with Crippen molar-refractivity contribution in [3.8, 4) is 0 Å². The van der Waals surface area contributed by atoms with Gasteiger partial charge in [0.2, 0.25) is 5.91 Å². The largest absolute Gasteiger partial charge is 0.416 e. The van der Waals surface area contributed by atoms with Crippen LogP contribution in [0.15, 0.2) is 48.5 Å². The number of nitrogens with one attached hydrogen (secondary N) is 1. The summed E-state index contributed by atoms with van der Waals surface area (Å²) in [5, 5.41) is 2.65. The van der Waals surface area contributed by atoms with Crippen molar-refractivity contribution in [3.05, 3.63) is 59.7 Å². The van der Waals surface area contributed by atoms with Crippen LogP contribution in [-0.4, -0.2) is 42.9 Å². The summed E-state index contributed by atoms with van der Waals surface area (Å²) in [6, 6.07) is 11.6. The maximum absolute atomic E-state index is 12.9. The van der Waals surface area contributed by atoms with E-state index in [0.29, 0.717) is 24.7 Å². The molecule has 0 atom stereocenters. The number of piperazine rings is 1. The zero-order valence-electron chi connectivity index (χ0n) is 18.4. The Labute approximate surface area is 191 Å². The summed E-state index contributed by atoms with van der Waals surface area (Å²) in [5.74, 6) is -0.115. The number of anilines is 2. The van der Waals surface area contributed by atoms with Crippen molar-refractivity contribution in [1.82, 2.24) is 4.90 Å². The predicted octanol–water partition coefficient (Wildman–Crippen LogP) is 5.19. The molecule has 2 fully saturated rings. The minimum atomic E-state index is -4.50. The van der Waals surface area contributed by atoms with Crippen LogP contribution in [0.3, 0.4) is 0 Å². The molecule has 1 N–H and O–H groups in total. The summed E-state index contributed by atoms with van der Waals surface area (Å²) >= 11 is 0. The van der Waals surface area contributed by atoms with Gasteiger partial charge in [0.05, 0.1) is 5.56 Å². The molecule has 2 aliphatic rings. The van der Waals surface area contributed by atoms with Gasteiger partial charge in [-0.15, -0.1) is 0 Å². The second-order valence-corrected chi connectivity index (χ2v) is 8.73. The van der Waals surface area contributed by atoms with Gasteiger partial charge in [-0.25, -0.2) is 0 Å². The second-order valence-electron chi connectivity index (χ2n) is 8.73. The number of hydrogen-bond acceptors (Lipinski definition) is 3. The van der Waals surface area contributed by atoms with Crippen LogP contribution < -0.4 is 10.2 Å². The summed E-state index contributed by atoms with van der Waals surface area (Å²) in [4.78, 5) is 29.3. The van der Waals surface area contributed by atoms with E-state index in [2.05, 4.69) is 10.2 Å². The first-order chi connectivity index (χ1) is 15.8. The number of alkyl halides is 3. The molecular weight excluding hydrogens is 431 g/mol. The zero-order chi connectivity index (χ0) is 23.4. The second kappa shape index (κ2) is 9.85. The molecule has 0 bridgehead atoms. The third-order valence-corrected chi connectivity index (χ3v) is 6.49. The van der Waals surface area contributed by atoms with Crippen LogP contribution in [0, 0.1) is 5.92 Å². The molecule has 176 valence electrons. The van der Waals surface area contributed by atoms with E-state index >= 15 is 0 Å². The topological polar surface area (TPSA) is 52.7 Å². The summed E-state index contributed by atoms with van der Waals surface area (Å²) in [6.07, 6.45) is 1.04. The van der Waals surface area contributed by atoms with E-state index in [9.17, 15) is 22.8 Å². The number of halogens is 3. The van der Waals surface area contributed by atoms with Crippen molar-refractivity contribution in [2.24, 2.45) is 5.92 Å². The molecule has 1 saturated carbocycles. The van der Waals surface area contributed by atoms with Crippen molar-refractivity contribution < 1.29 is 22.8 Å². The minimum Gasteiger partial charge on any atom is -0.368 e. The van der Waals surface area contributed by atoms with Gasteiger partial charge in [-0.05, 0) is 55.3 Å². The molecule has 1 heterocycles. The van der Waals surface area contributed by atoms with Gasteiger partial charge in [-0.3, -0.25) is 9.59 Å². The van der Waals surface area contributed by atoms with E-state index in [4.69, 9.17) is 0 Å². The maximum atomic E-state index is 12.9. The Balaban J connectivity index is 1.32. The third kappa shape index (κ3) is 5.67. The Hall–Kier alpha value is -3.03. The van der Waals surface area contributed by atoms with Gasteiger partial charge in [0.1, 0.15) is 0 Å². The molecule has 2 aromatic rings. The number of nitrogens with zero attached hydrogens (tertiary/aromatic N) is 2. The molecule has 4 rings (SSSR count). The fraction of sp³-hybridized carbons (Fsp3) is 0.440. The minimum absolute atomic E-state index is 0.0485. The Bertz CT molecular complexity index is 977. The van der Waals surface area contributed by atoms with Crippen LogP contribution in [0.4, 0.5) is 24.5 Å². The molecule has 2 aromatic carbocycles. The lowest BCUT2D eigenvalue weighted by atomic mass is 9.88. The van der Waals surface area contributed by atoms with Gasteiger partial charge in [-0.2, -0.15) is 13.2 Å². The number of benzene rings is 2. The average molecular weight is 460 g/mol. The highest BCUT2D eigenvalue weighted by molar-refractivity contribution is 6.04. The number of rotatable bonds is 4. The predicted molar refractivity (Wildman–Crippen MR) is 121 cm³/mol. The summed E-state index contributed by atoms with van der Waals surface area (Å²) in [5.41, 5.74) is 0.586. The van der Waals surface area contributed by atoms with Crippen LogP contribution in [0.5, 0.6) is 0 Å². The number of hydrogen-bond donors (Lipinski definition) is 1. The van der Waals surface area contributed by atoms with Gasteiger partial charge in [0.15, 0.2) is 0 Å². The van der Waals surface area contributed by atoms with Crippen LogP contribution in [0.2, 0.25) is 0 Å². The molecule has 33 heavy (non-hydrogen) atoms. The highest BCUT2D eigenvalue weighted by Gasteiger charge is 2.31. The van der Waals surface area contributed by atoms with Crippen molar-refractivity contribution in [3.63, 3.8) is 0 Å². The Morgan fingerprint density at radius 2 is 1.55 bits per heavy atom. The molecule has 0 aromatic heterocycles. The molecule has 0 spiro atoms. The first-order valence-corrected chi connectivity index (χ1v) is 11.4. The van der Waals surface area contributed by atoms with Crippen molar-refractivity contribution >= 4 is 23.2 Å². The Morgan fingerprint density at radius 3 is 2.18 bits per heavy atom. The van der Waals surface area contributed by atoms with Crippen molar-refractivity contribution in [1.29, 1.82) is 0 Å². The molecule has 0 unspecified atom stereocenters. The van der Waals surface area contributed by atoms with Gasteiger partial charge in [0, 0.05) is 49.0 Å². The van der Waals surface area contributed by atoms with Gasteiger partial charge >= 0.3 is 6.18 Å². The van der Waals surface area contributed by atoms with Gasteiger partial charge in [-0.1, -0.05) is 25.3 Å². The molecule has 2 amide bonds. The summed E-state index contributed by atoms with van der Waals surface area (Å²) < 4.78 is 38.7. The van der Waals surface area contributed by atoms with Crippen LogP contribution in [0.25, 0.3) is 0 Å². The number of amides is 2. The highest BCUT2D eigenvalue weighted by Crippen LogP contribution is 2.30. The smallest absolute Gasteiger partial charge is 0.368 e. The van der Waals surface area contributed by atoms with E-state index in [-0.39, 0.29) is 11.5 Å². The molecular formula is C25H28F3N3O2. The van der Waals surface area contributed by atoms with Crippen LogP contribution in [0.1, 0.15) is 48.0 Å². The first kappa shape index (κ1) is 23.1. The third-order valence-electron chi connectivity index (χ3n) is 6.49. The SMILES string of the molecule is O=C(Nc1ccc(N2CCN(C(=O)C3CCCCC3)CC2)cc1)c1cccc(C(F)(F)F)c1. The molecule has 1 saturated heterocycles. The molecule has 1 aliphatic heterocycles. The van der Waals surface area contributed by atoms with Gasteiger partial charge < -0.3 is 15.1 Å². The maximum Gasteiger partial charge on any atom is 0.416 e. The average Bonchev–Trinajstić information content (AvgIpc) is 2.84. The Kier molecular flexibility index (Phi) is 6.91. The quantitative estimate of drug-likeness (QED) is 0.685. The number of carbonyl (C=O) groups excluding carboxylic acids is 2. The monoisotopic (exact) mass is 459 g/mol. The van der Waals surface area contributed by atoms with Crippen molar-refractivity contribution in [2.45, 2.75) is 38.3 Å². The lowest BCUT2D eigenvalue weighted by Crippen LogP contribution is -2.50. The summed E-state index contributed by atoms with van der Waals surface area (Å²) in [7, 11) is 0. The molecule has 5 nitrogen and oxygen atoms in total. The first-order valence-electron chi connectivity index (χ1n) is 11.4. The highest BCUT2D eigenvalue weighted by atomic mass is 19.4. The fourth-order valence-corrected chi connectivity index (χ4v) is 4.59. The molecule has 1 aliphatic carbocycles. The lowest BCUT2D eigenvalue weighted by Gasteiger charge is -2.38. The normalized spacial score (nSPS) is 17.7. The van der Waals surface area contributed by atoms with E-state index in [1.54, 1.807) is 12.1 Å². The van der Waals surface area contributed by atoms with E-state index < -0.39 is 17.6 Å². The van der Waals surface area contributed by atoms with E-state index in [0.717, 1.165) is 56.6 Å². The van der Waals surface area contributed by atoms with Gasteiger partial charge in [0.25, 0.3) is 5.91 Å². The van der Waals surface area contributed by atoms with Crippen molar-refractivity contribution in [2.75, 3.05) is 36.4 Å². The zero-order valence-corrected chi connectivity index (χ0v) is 18.4. The summed E-state index contributed by atoms with van der Waals surface area (Å²) in [6.45, 7) is 2.88. The molecule has 8 heteroatoms. The standard InChI is InChI=1S/C25H28F3N3O2/c26-25(27,28)20-8-4-7-19(17-20)23(32)29-21-9-11-22(12-10-21)30-13-15-31(16-14-30)24(33)18-5-2-1-3-6-18/h4,7-12,17-18H,1-3,5-6,13-16H2,(H,29,32). The Morgan fingerprint density at radius 1 is 0.879 bits per heavy atom. The van der Waals surface area contributed by atoms with Crippen LogP contribution >= 0.6 is 0 Å². The lowest BCUT2D eigenvalue weighted by molar-refractivity contribution is -0.138. The van der Waals surface area contributed by atoms with E-state index in [1.165, 1.54) is 18.6 Å².